The van der Waals surface area contributed by atoms with Gasteiger partial charge in [-0.1, -0.05) is 31.5 Å². The lowest BCUT2D eigenvalue weighted by Crippen LogP contribution is -1.97. The summed E-state index contributed by atoms with van der Waals surface area (Å²) in [5.74, 6) is 1.09. The molecular weight excluding hydrogens is 398 g/mol. The first kappa shape index (κ1) is 18.5. The van der Waals surface area contributed by atoms with E-state index < -0.39 is 0 Å². The molecule has 3 heterocycles. The molecule has 0 bridgehead atoms. The van der Waals surface area contributed by atoms with Crippen molar-refractivity contribution >= 4 is 38.7 Å². The number of aromatic amines is 1. The number of halogens is 1. The predicted octanol–water partition coefficient (Wildman–Crippen LogP) is 5.94. The first-order valence-electron chi connectivity index (χ1n) is 8.86. The minimum atomic E-state index is 0.844. The first-order chi connectivity index (χ1) is 12.2. The Kier molecular flexibility index (Phi) is 6.59. The van der Waals surface area contributed by atoms with Crippen LogP contribution in [0.3, 0.4) is 0 Å². The lowest BCUT2D eigenvalue weighted by atomic mass is 10.1. The van der Waals surface area contributed by atoms with Crippen LogP contribution in [0.2, 0.25) is 0 Å². The molecule has 0 aliphatic rings. The van der Waals surface area contributed by atoms with E-state index in [-0.39, 0.29) is 0 Å². The van der Waals surface area contributed by atoms with Crippen molar-refractivity contribution in [1.29, 1.82) is 0 Å². The van der Waals surface area contributed by atoms with Crippen LogP contribution < -0.4 is 0 Å². The van der Waals surface area contributed by atoms with Gasteiger partial charge in [-0.3, -0.25) is 0 Å². The molecular formula is C19H24BrN3OS. The van der Waals surface area contributed by atoms with E-state index in [0.717, 1.165) is 57.8 Å². The third-order valence-corrected chi connectivity index (χ3v) is 5.84. The lowest BCUT2D eigenvalue weighted by molar-refractivity contribution is 0.493. The van der Waals surface area contributed by atoms with E-state index in [4.69, 9.17) is 9.40 Å². The summed E-state index contributed by atoms with van der Waals surface area (Å²) in [6.45, 7) is 2.15. The monoisotopic (exact) mass is 421 g/mol. The fourth-order valence-corrected chi connectivity index (χ4v) is 4.25. The zero-order valence-corrected chi connectivity index (χ0v) is 17.2. The Balaban J connectivity index is 1.61. The van der Waals surface area contributed by atoms with E-state index in [1.807, 2.05) is 12.3 Å². The zero-order chi connectivity index (χ0) is 17.6. The molecule has 0 aromatic carbocycles. The van der Waals surface area contributed by atoms with Crippen LogP contribution in [0.5, 0.6) is 0 Å². The summed E-state index contributed by atoms with van der Waals surface area (Å²) in [6, 6.07) is 4.01. The molecule has 0 fully saturated rings. The minimum absolute atomic E-state index is 0.844. The number of thioether (sulfide) groups is 1. The molecule has 25 heavy (non-hydrogen) atoms. The van der Waals surface area contributed by atoms with Gasteiger partial charge in [-0.2, -0.15) is 0 Å². The Hall–Kier alpha value is -1.27. The van der Waals surface area contributed by atoms with Gasteiger partial charge in [0.15, 0.2) is 5.16 Å². The molecule has 0 spiro atoms. The molecule has 0 saturated carbocycles. The van der Waals surface area contributed by atoms with Crippen molar-refractivity contribution in [2.45, 2.75) is 57.0 Å². The Morgan fingerprint density at radius 1 is 1.16 bits per heavy atom. The largest absolute Gasteiger partial charge is 0.469 e. The second-order valence-electron chi connectivity index (χ2n) is 6.15. The van der Waals surface area contributed by atoms with E-state index in [0.29, 0.717) is 0 Å². The zero-order valence-electron chi connectivity index (χ0n) is 14.8. The quantitative estimate of drug-likeness (QED) is 0.263. The van der Waals surface area contributed by atoms with Crippen LogP contribution in [0.1, 0.15) is 49.8 Å². The second-order valence-corrected chi connectivity index (χ2v) is 7.71. The van der Waals surface area contributed by atoms with Crippen LogP contribution >= 0.6 is 27.7 Å². The van der Waals surface area contributed by atoms with E-state index in [1.54, 1.807) is 18.0 Å². The van der Waals surface area contributed by atoms with Crippen molar-refractivity contribution in [3.63, 3.8) is 0 Å². The van der Waals surface area contributed by atoms with Gasteiger partial charge < -0.3 is 9.40 Å². The highest BCUT2D eigenvalue weighted by atomic mass is 79.9. The Bertz CT molecular complexity index is 814. The van der Waals surface area contributed by atoms with Crippen molar-refractivity contribution in [2.24, 2.45) is 0 Å². The number of fused-ring (bicyclic) bond motifs is 1. The standard InChI is InChI=1S/C19H24BrN3OS/c1-3-14-17(20)16-15(22-19(25-2)23-18(16)21-14)11-7-5-4-6-9-13-10-8-12-24-13/h8,10,12H,3-7,9,11H2,1-2H3,(H,21,22,23). The molecule has 0 unspecified atom stereocenters. The Labute approximate surface area is 161 Å². The predicted molar refractivity (Wildman–Crippen MR) is 107 cm³/mol. The maximum absolute atomic E-state index is 5.38. The first-order valence-corrected chi connectivity index (χ1v) is 10.9. The van der Waals surface area contributed by atoms with Crippen LogP contribution in [0, 0.1) is 0 Å². The molecule has 6 heteroatoms. The van der Waals surface area contributed by atoms with Crippen molar-refractivity contribution in [2.75, 3.05) is 6.26 Å². The third kappa shape index (κ3) is 4.47. The summed E-state index contributed by atoms with van der Waals surface area (Å²) in [6.07, 6.45) is 11.5. The number of H-pyrrole nitrogens is 1. The van der Waals surface area contributed by atoms with Gasteiger partial charge in [0.2, 0.25) is 0 Å². The van der Waals surface area contributed by atoms with Gasteiger partial charge in [-0.05, 0) is 60.0 Å². The summed E-state index contributed by atoms with van der Waals surface area (Å²) >= 11 is 5.34. The van der Waals surface area contributed by atoms with Gasteiger partial charge in [-0.15, -0.1) is 0 Å². The lowest BCUT2D eigenvalue weighted by Gasteiger charge is -2.05. The SMILES string of the molecule is CCc1[nH]c2nc(SC)nc(CCCCCCc3ccco3)c2c1Br. The molecule has 3 aromatic rings. The van der Waals surface area contributed by atoms with Gasteiger partial charge in [0, 0.05) is 16.6 Å². The van der Waals surface area contributed by atoms with Crippen LogP contribution in [-0.2, 0) is 19.3 Å². The van der Waals surface area contributed by atoms with E-state index in [2.05, 4.69) is 38.9 Å². The van der Waals surface area contributed by atoms with Crippen LogP contribution in [0.15, 0.2) is 32.4 Å². The minimum Gasteiger partial charge on any atom is -0.469 e. The number of aryl methyl sites for hydroxylation is 3. The molecule has 134 valence electrons. The average molecular weight is 422 g/mol. The van der Waals surface area contributed by atoms with E-state index in [9.17, 15) is 0 Å². The molecule has 3 rings (SSSR count). The Morgan fingerprint density at radius 3 is 2.64 bits per heavy atom. The number of rotatable bonds is 9. The molecule has 3 aromatic heterocycles. The average Bonchev–Trinajstić information content (AvgIpc) is 3.25. The third-order valence-electron chi connectivity index (χ3n) is 4.42. The molecule has 0 atom stereocenters. The van der Waals surface area contributed by atoms with Crippen LogP contribution in [0.4, 0.5) is 0 Å². The van der Waals surface area contributed by atoms with Gasteiger partial charge in [-0.25, -0.2) is 9.97 Å². The van der Waals surface area contributed by atoms with E-state index >= 15 is 0 Å². The molecule has 1 N–H and O–H groups in total. The van der Waals surface area contributed by atoms with Crippen molar-refractivity contribution in [3.8, 4) is 0 Å². The molecule has 0 aliphatic carbocycles. The number of furan rings is 1. The van der Waals surface area contributed by atoms with Gasteiger partial charge in [0.25, 0.3) is 0 Å². The number of nitrogens with zero attached hydrogens (tertiary/aromatic N) is 2. The Morgan fingerprint density at radius 2 is 1.96 bits per heavy atom. The topological polar surface area (TPSA) is 54.7 Å². The summed E-state index contributed by atoms with van der Waals surface area (Å²) in [5.41, 5.74) is 3.31. The maximum atomic E-state index is 5.38. The van der Waals surface area contributed by atoms with Crippen LogP contribution in [-0.4, -0.2) is 21.2 Å². The van der Waals surface area contributed by atoms with Crippen molar-refractivity contribution < 1.29 is 4.42 Å². The highest BCUT2D eigenvalue weighted by molar-refractivity contribution is 9.10. The van der Waals surface area contributed by atoms with Gasteiger partial charge >= 0.3 is 0 Å². The molecule has 0 radical (unpaired) electrons. The van der Waals surface area contributed by atoms with Gasteiger partial charge in [0.1, 0.15) is 11.4 Å². The van der Waals surface area contributed by atoms with Crippen molar-refractivity contribution in [3.05, 3.63) is 40.0 Å². The number of hydrogen-bond donors (Lipinski definition) is 1. The van der Waals surface area contributed by atoms with Crippen LogP contribution in [0.25, 0.3) is 11.0 Å². The summed E-state index contributed by atoms with van der Waals surface area (Å²) in [5, 5.41) is 2.00. The molecule has 0 saturated heterocycles. The van der Waals surface area contributed by atoms with Gasteiger partial charge in [0.05, 0.1) is 17.3 Å². The fourth-order valence-electron chi connectivity index (χ4n) is 3.07. The molecule has 4 nitrogen and oxygen atoms in total. The summed E-state index contributed by atoms with van der Waals surface area (Å²) in [4.78, 5) is 12.8. The van der Waals surface area contributed by atoms with E-state index in [1.165, 1.54) is 25.0 Å². The summed E-state index contributed by atoms with van der Waals surface area (Å²) < 4.78 is 6.51. The normalized spacial score (nSPS) is 11.5. The summed E-state index contributed by atoms with van der Waals surface area (Å²) in [7, 11) is 0. The highest BCUT2D eigenvalue weighted by Gasteiger charge is 2.15. The second kappa shape index (κ2) is 8.90. The fraction of sp³-hybridized carbons (Fsp3) is 0.474. The molecule has 0 amide bonds. The molecule has 0 aliphatic heterocycles. The number of nitrogens with one attached hydrogen (secondary N) is 1. The van der Waals surface area contributed by atoms with Crippen molar-refractivity contribution in [1.82, 2.24) is 15.0 Å². The highest BCUT2D eigenvalue weighted by Crippen LogP contribution is 2.31. The smallest absolute Gasteiger partial charge is 0.189 e. The number of hydrogen-bond acceptors (Lipinski definition) is 4. The number of aromatic nitrogens is 3. The maximum Gasteiger partial charge on any atom is 0.189 e. The number of unbranched alkanes of at least 4 members (excludes halogenated alkanes) is 3.